The molecule has 2 aliphatic rings. The van der Waals surface area contributed by atoms with Crippen LogP contribution in [0, 0.1) is 28.5 Å². The van der Waals surface area contributed by atoms with Gasteiger partial charge in [-0.15, -0.1) is 0 Å². The minimum Gasteiger partial charge on any atom is -0.498 e. The molecular weight excluding hydrogens is 264 g/mol. The number of unbranched alkanes of at least 4 members (excludes halogenated alkanes) is 1. The monoisotopic (exact) mass is 288 g/mol. The molecule has 1 saturated heterocycles. The Kier molecular flexibility index (Phi) is 4.41. The maximum atomic E-state index is 12.5. The SMILES string of the molecule is CC(C)[C@@H]1C=C[C@]2(C)/C(=C/CCC#[N+][O-])C(=O)N(C)[C@@H]2C1. The first-order chi connectivity index (χ1) is 9.91. The number of hydrogen-bond donors (Lipinski definition) is 0. The predicted octanol–water partition coefficient (Wildman–Crippen LogP) is 3.60. The molecule has 1 aliphatic heterocycles. The summed E-state index contributed by atoms with van der Waals surface area (Å²) in [7, 11) is 1.90. The van der Waals surface area contributed by atoms with Crippen LogP contribution in [-0.4, -0.2) is 23.9 Å². The van der Waals surface area contributed by atoms with Crippen LogP contribution in [0.1, 0.15) is 40.0 Å². The molecule has 21 heavy (non-hydrogen) atoms. The van der Waals surface area contributed by atoms with Crippen LogP contribution in [0.4, 0.5) is 0 Å². The molecule has 0 aromatic carbocycles. The number of likely N-dealkylation sites (tertiary alicyclic amines) is 1. The number of allylic oxidation sites excluding steroid dienone is 2. The van der Waals surface area contributed by atoms with Crippen molar-refractivity contribution >= 4 is 5.91 Å². The zero-order valence-electron chi connectivity index (χ0n) is 13.3. The lowest BCUT2D eigenvalue weighted by Gasteiger charge is -2.38. The molecule has 0 saturated carbocycles. The Labute approximate surface area is 126 Å². The number of hydrogen-bond acceptors (Lipinski definition) is 2. The van der Waals surface area contributed by atoms with Crippen molar-refractivity contribution in [3.63, 3.8) is 0 Å². The van der Waals surface area contributed by atoms with Gasteiger partial charge in [-0.3, -0.25) is 4.79 Å². The lowest BCUT2D eigenvalue weighted by molar-refractivity contribution is -0.125. The summed E-state index contributed by atoms with van der Waals surface area (Å²) in [4.78, 5) is 14.4. The Morgan fingerprint density at radius 3 is 2.95 bits per heavy atom. The number of likely N-dealkylation sites (N-methyl/N-ethyl adjacent to an activating group) is 1. The molecule has 1 heterocycles. The fourth-order valence-corrected chi connectivity index (χ4v) is 3.54. The van der Waals surface area contributed by atoms with E-state index in [1.807, 2.05) is 18.0 Å². The average Bonchev–Trinajstić information content (AvgIpc) is 2.63. The highest BCUT2D eigenvalue weighted by Crippen LogP contribution is 2.49. The molecule has 0 bridgehead atoms. The van der Waals surface area contributed by atoms with E-state index in [0.29, 0.717) is 24.7 Å². The maximum Gasteiger partial charge on any atom is 0.298 e. The first-order valence-corrected chi connectivity index (χ1v) is 7.64. The summed E-state index contributed by atoms with van der Waals surface area (Å²) in [5.74, 6) is 1.22. The van der Waals surface area contributed by atoms with Crippen LogP contribution in [0.3, 0.4) is 0 Å². The third-order valence-corrected chi connectivity index (χ3v) is 5.00. The molecule has 4 nitrogen and oxygen atoms in total. The predicted molar refractivity (Wildman–Crippen MR) is 84.7 cm³/mol. The number of carbonyl (C=O) groups excluding carboxylic acids is 1. The molecule has 1 fully saturated rings. The molecule has 3 atom stereocenters. The van der Waals surface area contributed by atoms with Gasteiger partial charge in [-0.1, -0.05) is 32.1 Å². The van der Waals surface area contributed by atoms with E-state index in [9.17, 15) is 10.0 Å². The molecule has 0 aromatic heterocycles. The van der Waals surface area contributed by atoms with Crippen LogP contribution in [0.5, 0.6) is 0 Å². The van der Waals surface area contributed by atoms with Crippen molar-refractivity contribution in [3.05, 3.63) is 34.0 Å². The van der Waals surface area contributed by atoms with E-state index in [1.54, 1.807) is 0 Å². The standard InChI is InChI=1S/C17H24N2O2/c1-12(2)13-8-9-17(3)14(7-5-6-10-18-21)16(20)19(4)15(17)11-13/h7-9,12-13,15H,5-6,11H2,1-4H3/b14-7+/t13-,15-,17-/m1/s1. The zero-order valence-corrected chi connectivity index (χ0v) is 13.3. The molecule has 1 amide bonds. The van der Waals surface area contributed by atoms with Gasteiger partial charge >= 0.3 is 0 Å². The lowest BCUT2D eigenvalue weighted by Crippen LogP contribution is -2.40. The van der Waals surface area contributed by atoms with Crippen molar-refractivity contribution in [2.45, 2.75) is 46.1 Å². The van der Waals surface area contributed by atoms with Gasteiger partial charge < -0.3 is 10.1 Å². The van der Waals surface area contributed by atoms with Crippen molar-refractivity contribution in [1.29, 1.82) is 0 Å². The lowest BCUT2D eigenvalue weighted by atomic mass is 9.69. The Balaban J connectivity index is 2.28. The fraction of sp³-hybridized carbons (Fsp3) is 0.647. The summed E-state index contributed by atoms with van der Waals surface area (Å²) >= 11 is 0. The van der Waals surface area contributed by atoms with E-state index >= 15 is 0 Å². The second kappa shape index (κ2) is 5.93. The quantitative estimate of drug-likeness (QED) is 0.345. The highest BCUT2D eigenvalue weighted by molar-refractivity contribution is 5.98. The van der Waals surface area contributed by atoms with Crippen LogP contribution < -0.4 is 0 Å². The first kappa shape index (κ1) is 15.6. The number of carbonyl (C=O) groups is 1. The summed E-state index contributed by atoms with van der Waals surface area (Å²) < 4.78 is 0. The molecule has 2 rings (SSSR count). The Morgan fingerprint density at radius 2 is 2.33 bits per heavy atom. The third kappa shape index (κ3) is 2.70. The molecule has 0 unspecified atom stereocenters. The molecule has 114 valence electrons. The van der Waals surface area contributed by atoms with E-state index in [4.69, 9.17) is 0 Å². The highest BCUT2D eigenvalue weighted by Gasteiger charge is 2.51. The highest BCUT2D eigenvalue weighted by atomic mass is 16.4. The van der Waals surface area contributed by atoms with Gasteiger partial charge in [-0.2, -0.15) is 0 Å². The third-order valence-electron chi connectivity index (χ3n) is 5.00. The molecule has 0 aromatic rings. The van der Waals surface area contributed by atoms with Gasteiger partial charge in [0.25, 0.3) is 6.07 Å². The minimum absolute atomic E-state index is 0.107. The summed E-state index contributed by atoms with van der Waals surface area (Å²) in [6, 6.07) is 2.61. The van der Waals surface area contributed by atoms with E-state index in [0.717, 1.165) is 12.0 Å². The number of rotatable bonds is 3. The van der Waals surface area contributed by atoms with Gasteiger partial charge in [0.1, 0.15) is 0 Å². The molecule has 4 heteroatoms. The van der Waals surface area contributed by atoms with Gasteiger partial charge in [-0.25, -0.2) is 0 Å². The molecular formula is C17H24N2O2. The first-order valence-electron chi connectivity index (χ1n) is 7.64. The van der Waals surface area contributed by atoms with Crippen molar-refractivity contribution in [2.75, 3.05) is 7.05 Å². The van der Waals surface area contributed by atoms with Crippen molar-refractivity contribution in [1.82, 2.24) is 4.90 Å². The Bertz CT molecular complexity index is 539. The smallest absolute Gasteiger partial charge is 0.298 e. The van der Waals surface area contributed by atoms with E-state index in [-0.39, 0.29) is 17.4 Å². The number of fused-ring (bicyclic) bond motifs is 1. The summed E-state index contributed by atoms with van der Waals surface area (Å²) in [6.07, 6.45) is 8.54. The topological polar surface area (TPSA) is 47.7 Å². The van der Waals surface area contributed by atoms with E-state index in [2.05, 4.69) is 44.0 Å². The normalized spacial score (nSPS) is 33.3. The van der Waals surface area contributed by atoms with Crippen LogP contribution in [-0.2, 0) is 4.79 Å². The largest absolute Gasteiger partial charge is 0.498 e. The Hall–Kier alpha value is -1.76. The summed E-state index contributed by atoms with van der Waals surface area (Å²) in [5.41, 5.74) is 0.632. The average molecular weight is 288 g/mol. The summed E-state index contributed by atoms with van der Waals surface area (Å²) in [6.45, 7) is 6.59. The van der Waals surface area contributed by atoms with E-state index < -0.39 is 0 Å². The molecule has 0 N–H and O–H groups in total. The van der Waals surface area contributed by atoms with Gasteiger partial charge in [0.15, 0.2) is 0 Å². The van der Waals surface area contributed by atoms with Gasteiger partial charge in [0.05, 0.1) is 6.42 Å². The van der Waals surface area contributed by atoms with Gasteiger partial charge in [0, 0.05) is 29.1 Å². The Morgan fingerprint density at radius 1 is 1.62 bits per heavy atom. The van der Waals surface area contributed by atoms with Crippen LogP contribution >= 0.6 is 0 Å². The van der Waals surface area contributed by atoms with Crippen LogP contribution in [0.15, 0.2) is 23.8 Å². The molecule has 0 spiro atoms. The molecule has 1 aliphatic carbocycles. The van der Waals surface area contributed by atoms with Crippen LogP contribution in [0.25, 0.3) is 5.01 Å². The zero-order chi connectivity index (χ0) is 15.6. The van der Waals surface area contributed by atoms with Crippen molar-refractivity contribution < 1.29 is 4.79 Å². The molecule has 0 radical (unpaired) electrons. The maximum absolute atomic E-state index is 12.5. The minimum atomic E-state index is -0.216. The van der Waals surface area contributed by atoms with Crippen molar-refractivity contribution in [3.8, 4) is 6.07 Å². The number of amides is 1. The second-order valence-electron chi connectivity index (χ2n) is 6.62. The van der Waals surface area contributed by atoms with Crippen LogP contribution in [0.2, 0.25) is 0 Å². The fourth-order valence-electron chi connectivity index (χ4n) is 3.54. The van der Waals surface area contributed by atoms with Crippen molar-refractivity contribution in [2.24, 2.45) is 17.3 Å². The number of nitrogens with zero attached hydrogens (tertiary/aromatic N) is 2. The second-order valence-corrected chi connectivity index (χ2v) is 6.62. The van der Waals surface area contributed by atoms with Gasteiger partial charge in [-0.05, 0) is 31.6 Å². The van der Waals surface area contributed by atoms with E-state index in [1.165, 1.54) is 0 Å². The summed E-state index contributed by atoms with van der Waals surface area (Å²) in [5, 5.41) is 12.7. The van der Waals surface area contributed by atoms with Gasteiger partial charge in [0.2, 0.25) is 5.91 Å².